The van der Waals surface area contributed by atoms with Crippen molar-refractivity contribution in [2.75, 3.05) is 38.0 Å². The van der Waals surface area contributed by atoms with Crippen molar-refractivity contribution in [3.8, 4) is 0 Å². The number of para-hydroxylation sites is 1. The molecule has 1 aromatic rings. The highest BCUT2D eigenvalue weighted by Crippen LogP contribution is 2.22. The minimum atomic E-state index is -1.19. The van der Waals surface area contributed by atoms with Crippen LogP contribution in [-0.4, -0.2) is 61.9 Å². The average molecular weight is 465 g/mol. The van der Waals surface area contributed by atoms with Crippen molar-refractivity contribution in [1.29, 1.82) is 0 Å². The van der Waals surface area contributed by atoms with Crippen LogP contribution < -0.4 is 10.4 Å². The second kappa shape index (κ2) is 16.4. The van der Waals surface area contributed by atoms with E-state index >= 15 is 0 Å². The number of amides is 2. The smallest absolute Gasteiger partial charge is 0.331 e. The molecule has 0 aromatic heterocycles. The Morgan fingerprint density at radius 3 is 2.33 bits per heavy atom. The Balaban J connectivity index is 0.000000331. The molecular formula is C23H32N2O8. The molecule has 2 rings (SSSR count). The van der Waals surface area contributed by atoms with Gasteiger partial charge in [0.25, 0.3) is 11.8 Å². The zero-order valence-corrected chi connectivity index (χ0v) is 19.0. The maximum absolute atomic E-state index is 12.1. The number of ether oxygens (including phenoxy) is 3. The van der Waals surface area contributed by atoms with Crippen LogP contribution in [0.3, 0.4) is 0 Å². The fourth-order valence-corrected chi connectivity index (χ4v) is 2.70. The predicted octanol–water partition coefficient (Wildman–Crippen LogP) is 2.09. The second-order valence-electron chi connectivity index (χ2n) is 6.83. The highest BCUT2D eigenvalue weighted by molar-refractivity contribution is 6.14. The van der Waals surface area contributed by atoms with Crippen LogP contribution in [0.25, 0.3) is 0 Å². The Labute approximate surface area is 193 Å². The van der Waals surface area contributed by atoms with Crippen LogP contribution in [0.2, 0.25) is 0 Å². The van der Waals surface area contributed by atoms with Crippen LogP contribution in [0, 0.1) is 5.92 Å². The first-order valence-corrected chi connectivity index (χ1v) is 10.8. The molecule has 10 nitrogen and oxygen atoms in total. The molecule has 10 heteroatoms. The van der Waals surface area contributed by atoms with Gasteiger partial charge in [0.05, 0.1) is 25.5 Å². The number of esters is 1. The van der Waals surface area contributed by atoms with Gasteiger partial charge in [-0.2, -0.15) is 0 Å². The monoisotopic (exact) mass is 464 g/mol. The molecule has 1 heterocycles. The topological polar surface area (TPSA) is 131 Å². The van der Waals surface area contributed by atoms with E-state index in [1.165, 1.54) is 5.01 Å². The summed E-state index contributed by atoms with van der Waals surface area (Å²) in [4.78, 5) is 44.6. The van der Waals surface area contributed by atoms with E-state index in [0.29, 0.717) is 31.9 Å². The number of hydrogen-bond donors (Lipinski definition) is 2. The van der Waals surface area contributed by atoms with Crippen molar-refractivity contribution in [3.63, 3.8) is 0 Å². The lowest BCUT2D eigenvalue weighted by Gasteiger charge is -2.14. The number of carbonyl (C=O) groups excluding carboxylic acids is 3. The number of rotatable bonds is 13. The summed E-state index contributed by atoms with van der Waals surface area (Å²) < 4.78 is 14.7. The third-order valence-corrected chi connectivity index (χ3v) is 4.33. The van der Waals surface area contributed by atoms with Gasteiger partial charge in [-0.05, 0) is 25.5 Å². The van der Waals surface area contributed by atoms with Crippen LogP contribution in [-0.2, 0) is 33.4 Å². The van der Waals surface area contributed by atoms with Gasteiger partial charge in [0.1, 0.15) is 12.5 Å². The number of benzene rings is 1. The van der Waals surface area contributed by atoms with Crippen LogP contribution in [0.4, 0.5) is 5.69 Å². The fraction of sp³-hybridized carbons (Fsp3) is 0.478. The lowest BCUT2D eigenvalue weighted by Crippen LogP contribution is -2.35. The van der Waals surface area contributed by atoms with Gasteiger partial charge >= 0.3 is 11.9 Å². The molecule has 182 valence electrons. The SMILES string of the molecule is CCCCC1C(=O)NN(c2ccccc2)C1=O.CCOCCOCCOC(=O)/C=C\C(=O)O. The van der Waals surface area contributed by atoms with E-state index < -0.39 is 17.9 Å². The van der Waals surface area contributed by atoms with E-state index in [4.69, 9.17) is 14.6 Å². The van der Waals surface area contributed by atoms with E-state index in [1.54, 1.807) is 12.1 Å². The lowest BCUT2D eigenvalue weighted by atomic mass is 10.0. The first-order chi connectivity index (χ1) is 15.9. The summed E-state index contributed by atoms with van der Waals surface area (Å²) in [5.41, 5.74) is 3.34. The first kappa shape index (κ1) is 27.8. The molecule has 0 bridgehead atoms. The molecule has 2 N–H and O–H groups in total. The van der Waals surface area contributed by atoms with Crippen molar-refractivity contribution in [2.45, 2.75) is 33.1 Å². The second-order valence-corrected chi connectivity index (χ2v) is 6.83. The van der Waals surface area contributed by atoms with Crippen LogP contribution in [0.5, 0.6) is 0 Å². The number of anilines is 1. The maximum atomic E-state index is 12.1. The molecule has 1 saturated heterocycles. The van der Waals surface area contributed by atoms with Crippen LogP contribution >= 0.6 is 0 Å². The summed E-state index contributed by atoms with van der Waals surface area (Å²) in [6, 6.07) is 9.17. The normalized spacial score (nSPS) is 15.2. The van der Waals surface area contributed by atoms with Crippen molar-refractivity contribution in [2.24, 2.45) is 5.92 Å². The summed E-state index contributed by atoms with van der Waals surface area (Å²) in [6.45, 7) is 5.87. The van der Waals surface area contributed by atoms with Gasteiger partial charge in [-0.1, -0.05) is 38.0 Å². The zero-order chi connectivity index (χ0) is 24.5. The Morgan fingerprint density at radius 1 is 1.03 bits per heavy atom. The largest absolute Gasteiger partial charge is 0.478 e. The molecule has 1 fully saturated rings. The van der Waals surface area contributed by atoms with Crippen molar-refractivity contribution in [1.82, 2.24) is 5.43 Å². The van der Waals surface area contributed by atoms with Crippen molar-refractivity contribution in [3.05, 3.63) is 42.5 Å². The van der Waals surface area contributed by atoms with Gasteiger partial charge in [0.2, 0.25) is 0 Å². The van der Waals surface area contributed by atoms with Gasteiger partial charge in [0.15, 0.2) is 0 Å². The minimum Gasteiger partial charge on any atom is -0.478 e. The quantitative estimate of drug-likeness (QED) is 0.196. The molecular weight excluding hydrogens is 432 g/mol. The molecule has 0 saturated carbocycles. The number of hydrazine groups is 1. The number of nitrogens with zero attached hydrogens (tertiary/aromatic N) is 1. The molecule has 1 aliphatic heterocycles. The number of aliphatic carboxylic acids is 1. The molecule has 0 spiro atoms. The Hall–Kier alpha value is -3.24. The Kier molecular flexibility index (Phi) is 13.8. The van der Waals surface area contributed by atoms with Crippen LogP contribution in [0.1, 0.15) is 33.1 Å². The van der Waals surface area contributed by atoms with Gasteiger partial charge in [-0.15, -0.1) is 0 Å². The maximum Gasteiger partial charge on any atom is 0.331 e. The molecule has 1 atom stereocenters. The zero-order valence-electron chi connectivity index (χ0n) is 19.0. The number of carboxylic acid groups (broad SMARTS) is 1. The van der Waals surface area contributed by atoms with E-state index in [-0.39, 0.29) is 25.0 Å². The summed E-state index contributed by atoms with van der Waals surface area (Å²) in [5.74, 6) is -2.74. The van der Waals surface area contributed by atoms with Crippen LogP contribution in [0.15, 0.2) is 42.5 Å². The van der Waals surface area contributed by atoms with Gasteiger partial charge in [-0.3, -0.25) is 15.0 Å². The molecule has 1 aromatic carbocycles. The van der Waals surface area contributed by atoms with E-state index in [0.717, 1.165) is 25.0 Å². The fourth-order valence-electron chi connectivity index (χ4n) is 2.70. The number of nitrogens with one attached hydrogen (secondary N) is 1. The van der Waals surface area contributed by atoms with Gasteiger partial charge < -0.3 is 19.3 Å². The predicted molar refractivity (Wildman–Crippen MR) is 120 cm³/mol. The summed E-state index contributed by atoms with van der Waals surface area (Å²) >= 11 is 0. The first-order valence-electron chi connectivity index (χ1n) is 10.8. The molecule has 1 unspecified atom stereocenters. The molecule has 0 aliphatic carbocycles. The van der Waals surface area contributed by atoms with Gasteiger partial charge in [0, 0.05) is 18.8 Å². The highest BCUT2D eigenvalue weighted by Gasteiger charge is 2.39. The third-order valence-electron chi connectivity index (χ3n) is 4.33. The standard InChI is InChI=1S/C13H16N2O2.C10H16O6/c1-2-3-9-11-12(16)14-15(13(11)17)10-7-5-4-6-8-10;1-2-14-5-6-15-7-8-16-10(13)4-3-9(11)12/h4-8,11H,2-3,9H2,1H3,(H,14,16);3-4H,2,5-8H2,1H3,(H,11,12)/b;4-3-. The Morgan fingerprint density at radius 2 is 1.70 bits per heavy atom. The van der Waals surface area contributed by atoms with Crippen molar-refractivity contribution >= 4 is 29.4 Å². The van der Waals surface area contributed by atoms with Crippen molar-refractivity contribution < 1.29 is 38.5 Å². The van der Waals surface area contributed by atoms with E-state index in [1.807, 2.05) is 32.0 Å². The molecule has 1 aliphatic rings. The third kappa shape index (κ3) is 11.3. The molecule has 0 radical (unpaired) electrons. The number of carboxylic acids is 1. The number of carbonyl (C=O) groups is 4. The van der Waals surface area contributed by atoms with E-state index in [2.05, 4.69) is 10.2 Å². The Bertz CT molecular complexity index is 782. The minimum absolute atomic E-state index is 0.0922. The average Bonchev–Trinajstić information content (AvgIpc) is 3.09. The summed E-state index contributed by atoms with van der Waals surface area (Å²) in [5, 5.41) is 9.57. The molecule has 2 amide bonds. The van der Waals surface area contributed by atoms with E-state index in [9.17, 15) is 19.2 Å². The number of unbranched alkanes of at least 4 members (excludes halogenated alkanes) is 1. The number of hydrogen-bond acceptors (Lipinski definition) is 7. The summed E-state index contributed by atoms with van der Waals surface area (Å²) in [6.07, 6.45) is 4.08. The summed E-state index contributed by atoms with van der Waals surface area (Å²) in [7, 11) is 0. The molecule has 33 heavy (non-hydrogen) atoms. The highest BCUT2D eigenvalue weighted by atomic mass is 16.6. The lowest BCUT2D eigenvalue weighted by molar-refractivity contribution is -0.140. The van der Waals surface area contributed by atoms with Gasteiger partial charge in [-0.25, -0.2) is 14.6 Å².